The van der Waals surface area contributed by atoms with Gasteiger partial charge in [-0.25, -0.2) is 8.78 Å². The van der Waals surface area contributed by atoms with Gasteiger partial charge in [0, 0.05) is 23.3 Å². The normalized spacial score (nSPS) is 23.6. The molecule has 1 aromatic rings. The van der Waals surface area contributed by atoms with E-state index in [-0.39, 0.29) is 31.2 Å². The molecular weight excluding hydrogens is 327 g/mol. The number of rotatable bonds is 6. The summed E-state index contributed by atoms with van der Waals surface area (Å²) in [6, 6.07) is 1.75. The molecule has 1 unspecified atom stereocenters. The molecular formula is C13H15Cl2F2NOS. The van der Waals surface area contributed by atoms with Gasteiger partial charge in [0.2, 0.25) is 5.91 Å². The van der Waals surface area contributed by atoms with Crippen LogP contribution in [0.3, 0.4) is 0 Å². The van der Waals surface area contributed by atoms with Gasteiger partial charge in [-0.1, -0.05) is 18.5 Å². The molecule has 1 aliphatic carbocycles. The van der Waals surface area contributed by atoms with Crippen molar-refractivity contribution in [2.45, 2.75) is 32.2 Å². The molecule has 1 amide bonds. The average Bonchev–Trinajstić information content (AvgIpc) is 2.70. The van der Waals surface area contributed by atoms with Crippen LogP contribution < -0.4 is 0 Å². The average molecular weight is 342 g/mol. The first-order valence-corrected chi connectivity index (χ1v) is 8.02. The van der Waals surface area contributed by atoms with E-state index in [0.29, 0.717) is 11.6 Å². The summed E-state index contributed by atoms with van der Waals surface area (Å²) in [6.07, 6.45) is 0.161. The first-order valence-electron chi connectivity index (χ1n) is 6.22. The molecule has 0 spiro atoms. The van der Waals surface area contributed by atoms with Crippen LogP contribution >= 0.6 is 34.5 Å². The molecule has 2 rings (SSSR count). The number of halogens is 4. The van der Waals surface area contributed by atoms with E-state index >= 15 is 0 Å². The van der Waals surface area contributed by atoms with Crippen molar-refractivity contribution in [3.05, 3.63) is 21.3 Å². The van der Waals surface area contributed by atoms with Crippen LogP contribution in [0.1, 0.15) is 24.6 Å². The van der Waals surface area contributed by atoms with Crippen LogP contribution in [0.25, 0.3) is 0 Å². The maximum atomic E-state index is 13.2. The fourth-order valence-electron chi connectivity index (χ4n) is 2.09. The standard InChI is InChI=1S/C13H15Cl2F2NOS/c1-12(8-13(12,16)17)3-4-18(11(19)6-14)7-10-9(15)2-5-20-10/h2,5H,3-4,6-8H2,1H3. The molecule has 7 heteroatoms. The van der Waals surface area contributed by atoms with E-state index in [9.17, 15) is 13.6 Å². The largest absolute Gasteiger partial charge is 0.336 e. The van der Waals surface area contributed by atoms with Gasteiger partial charge in [0.05, 0.1) is 11.6 Å². The molecule has 0 aromatic carbocycles. The Kier molecular flexibility index (Phi) is 4.62. The summed E-state index contributed by atoms with van der Waals surface area (Å²) in [4.78, 5) is 14.2. The van der Waals surface area contributed by atoms with E-state index in [1.54, 1.807) is 13.0 Å². The van der Waals surface area contributed by atoms with E-state index in [2.05, 4.69) is 0 Å². The van der Waals surface area contributed by atoms with Crippen LogP contribution in [-0.2, 0) is 11.3 Å². The van der Waals surface area contributed by atoms with Gasteiger partial charge in [-0.05, 0) is 17.9 Å². The predicted octanol–water partition coefficient (Wildman–Crippen LogP) is 4.40. The highest BCUT2D eigenvalue weighted by Crippen LogP contribution is 2.62. The lowest BCUT2D eigenvalue weighted by Crippen LogP contribution is -2.33. The molecule has 1 fully saturated rings. The molecule has 1 saturated carbocycles. The van der Waals surface area contributed by atoms with Crippen molar-refractivity contribution in [2.24, 2.45) is 5.41 Å². The molecule has 1 atom stereocenters. The van der Waals surface area contributed by atoms with Crippen molar-refractivity contribution in [3.8, 4) is 0 Å². The summed E-state index contributed by atoms with van der Waals surface area (Å²) in [6.45, 7) is 2.14. The number of hydrogen-bond donors (Lipinski definition) is 0. The smallest absolute Gasteiger partial charge is 0.254 e. The van der Waals surface area contributed by atoms with Crippen molar-refractivity contribution in [2.75, 3.05) is 12.4 Å². The van der Waals surface area contributed by atoms with Crippen molar-refractivity contribution in [1.82, 2.24) is 4.90 Å². The number of hydrogen-bond acceptors (Lipinski definition) is 2. The monoisotopic (exact) mass is 341 g/mol. The molecule has 1 heterocycles. The topological polar surface area (TPSA) is 20.3 Å². The Hall–Kier alpha value is -0.390. The lowest BCUT2D eigenvalue weighted by Gasteiger charge is -2.23. The van der Waals surface area contributed by atoms with Crippen LogP contribution in [-0.4, -0.2) is 29.2 Å². The van der Waals surface area contributed by atoms with Gasteiger partial charge in [-0.2, -0.15) is 0 Å². The van der Waals surface area contributed by atoms with Gasteiger partial charge in [0.1, 0.15) is 5.88 Å². The highest BCUT2D eigenvalue weighted by molar-refractivity contribution is 7.10. The second-order valence-electron chi connectivity index (χ2n) is 5.33. The second-order valence-corrected chi connectivity index (χ2v) is 7.01. The van der Waals surface area contributed by atoms with Crippen molar-refractivity contribution >= 4 is 40.4 Å². The van der Waals surface area contributed by atoms with Crippen LogP contribution in [0, 0.1) is 5.41 Å². The van der Waals surface area contributed by atoms with Gasteiger partial charge in [-0.3, -0.25) is 4.79 Å². The zero-order chi connectivity index (χ0) is 15.0. The number of nitrogens with zero attached hydrogens (tertiary/aromatic N) is 1. The summed E-state index contributed by atoms with van der Waals surface area (Å²) >= 11 is 13.0. The Morgan fingerprint density at radius 2 is 2.20 bits per heavy atom. The minimum absolute atomic E-state index is 0.108. The first-order chi connectivity index (χ1) is 9.29. The Labute approximate surface area is 130 Å². The van der Waals surface area contributed by atoms with Crippen LogP contribution in [0.2, 0.25) is 5.02 Å². The zero-order valence-electron chi connectivity index (χ0n) is 11.0. The SMILES string of the molecule is CC1(CCN(Cc2sccc2Cl)C(=O)CCl)CC1(F)F. The summed E-state index contributed by atoms with van der Waals surface area (Å²) in [5, 5.41) is 2.42. The molecule has 1 aliphatic rings. The van der Waals surface area contributed by atoms with E-state index in [1.165, 1.54) is 16.2 Å². The minimum atomic E-state index is -2.61. The molecule has 0 saturated heterocycles. The highest BCUT2D eigenvalue weighted by atomic mass is 35.5. The molecule has 1 aromatic heterocycles. The molecule has 20 heavy (non-hydrogen) atoms. The number of thiophene rings is 1. The molecule has 0 aliphatic heterocycles. The van der Waals surface area contributed by atoms with Crippen molar-refractivity contribution in [1.29, 1.82) is 0 Å². The van der Waals surface area contributed by atoms with E-state index < -0.39 is 11.3 Å². The van der Waals surface area contributed by atoms with Gasteiger partial charge >= 0.3 is 0 Å². The number of carbonyl (C=O) groups is 1. The zero-order valence-corrected chi connectivity index (χ0v) is 13.3. The van der Waals surface area contributed by atoms with E-state index in [4.69, 9.17) is 23.2 Å². The summed E-state index contributed by atoms with van der Waals surface area (Å²) in [7, 11) is 0. The van der Waals surface area contributed by atoms with Crippen molar-refractivity contribution in [3.63, 3.8) is 0 Å². The molecule has 0 bridgehead atoms. The van der Waals surface area contributed by atoms with E-state index in [1.807, 2.05) is 5.38 Å². The molecule has 0 N–H and O–H groups in total. The molecule has 2 nitrogen and oxygen atoms in total. The summed E-state index contributed by atoms with van der Waals surface area (Å²) in [5.41, 5.74) is -0.989. The highest BCUT2D eigenvalue weighted by Gasteiger charge is 2.67. The third-order valence-electron chi connectivity index (χ3n) is 3.80. The lowest BCUT2D eigenvalue weighted by molar-refractivity contribution is -0.129. The third-order valence-corrected chi connectivity index (χ3v) is 5.40. The minimum Gasteiger partial charge on any atom is -0.336 e. The first kappa shape index (κ1) is 16.0. The van der Waals surface area contributed by atoms with Crippen LogP contribution in [0.4, 0.5) is 8.78 Å². The predicted molar refractivity (Wildman–Crippen MR) is 77.8 cm³/mol. The quantitative estimate of drug-likeness (QED) is 0.702. The fourth-order valence-corrected chi connectivity index (χ4v) is 3.37. The Morgan fingerprint density at radius 1 is 1.55 bits per heavy atom. The van der Waals surface area contributed by atoms with Gasteiger partial charge in [0.25, 0.3) is 5.92 Å². The molecule has 0 radical (unpaired) electrons. The third kappa shape index (κ3) is 3.26. The summed E-state index contributed by atoms with van der Waals surface area (Å²) in [5.74, 6) is -3.02. The molecule has 112 valence electrons. The maximum absolute atomic E-state index is 13.2. The second kappa shape index (κ2) is 5.78. The van der Waals surface area contributed by atoms with Crippen LogP contribution in [0.5, 0.6) is 0 Å². The number of alkyl halides is 3. The Morgan fingerprint density at radius 3 is 2.65 bits per heavy atom. The van der Waals surface area contributed by atoms with Gasteiger partial charge < -0.3 is 4.90 Å². The van der Waals surface area contributed by atoms with Gasteiger partial charge in [-0.15, -0.1) is 22.9 Å². The van der Waals surface area contributed by atoms with Crippen LogP contribution in [0.15, 0.2) is 11.4 Å². The van der Waals surface area contributed by atoms with Gasteiger partial charge in [0.15, 0.2) is 0 Å². The van der Waals surface area contributed by atoms with Crippen molar-refractivity contribution < 1.29 is 13.6 Å². The summed E-state index contributed by atoms with van der Waals surface area (Å²) < 4.78 is 26.4. The maximum Gasteiger partial charge on any atom is 0.254 e. The van der Waals surface area contributed by atoms with E-state index in [0.717, 1.165) is 4.88 Å². The number of carbonyl (C=O) groups excluding carboxylic acids is 1. The lowest BCUT2D eigenvalue weighted by atomic mass is 10.0. The Bertz CT molecular complexity index is 508. The fraction of sp³-hybridized carbons (Fsp3) is 0.615. The Balaban J connectivity index is 1.98. The number of amides is 1.